The first kappa shape index (κ1) is 57.4. The predicted molar refractivity (Wildman–Crippen MR) is 371 cm³/mol. The Morgan fingerprint density at radius 3 is 0.630 bits per heavy atom. The van der Waals surface area contributed by atoms with Crippen LogP contribution in [0.4, 0.5) is 0 Å². The third-order valence-electron chi connectivity index (χ3n) is 17.0. The molecule has 0 atom stereocenters. The Bertz CT molecular complexity index is 5460. The van der Waals surface area contributed by atoms with Crippen LogP contribution in [0.3, 0.4) is 0 Å². The summed E-state index contributed by atoms with van der Waals surface area (Å²) in [6.45, 7) is 0. The van der Waals surface area contributed by atoms with Crippen molar-refractivity contribution >= 4 is 92.7 Å². The molecule has 7 aromatic carbocycles. The van der Waals surface area contributed by atoms with Gasteiger partial charge < -0.3 is 19.9 Å². The minimum Gasteiger partial charge on any atom is -0.657 e. The molecule has 422 valence electrons. The van der Waals surface area contributed by atoms with Crippen molar-refractivity contribution in [3.63, 3.8) is 0 Å². The van der Waals surface area contributed by atoms with Crippen molar-refractivity contribution in [1.82, 2.24) is 39.9 Å². The predicted octanol–water partition coefficient (Wildman–Crippen LogP) is 19.5. The largest absolute Gasteiger partial charge is 2.00 e. The maximum Gasteiger partial charge on any atom is 2.00 e. The maximum atomic E-state index is 5.98. The van der Waals surface area contributed by atoms with Gasteiger partial charge >= 0.3 is 39.0 Å². The SMILES string of the molecule is C1=Cc2nc1c(-c1ccccc1)c1ccc([n-]1)c(-c1ccccc1)c1nc(c(-c3cc4[n-]c3c(-c3ccccc3)c3nc(c(-c5ccccc5)c5ccc([n-]5)c(-c5ccccc5)c5nc(c4-c4ccccc4)C=C5)C=C3)c3ccc([n-]3)c2-c2ccccc2)C=C1.[Zn+2].[Zn+2]. The topological polar surface area (TPSA) is 108 Å². The van der Waals surface area contributed by atoms with Crippen LogP contribution in [-0.2, 0) is 39.0 Å². The number of benzene rings is 7. The molecule has 8 nitrogen and oxygen atoms in total. The maximum absolute atomic E-state index is 5.98. The molecule has 6 aromatic heterocycles. The van der Waals surface area contributed by atoms with Gasteiger partial charge in [-0.25, -0.2) is 19.9 Å². The van der Waals surface area contributed by atoms with Crippen LogP contribution >= 0.6 is 0 Å². The Morgan fingerprint density at radius 2 is 0.380 bits per heavy atom. The molecule has 0 radical (unpaired) electrons. The molecule has 4 aliphatic rings. The molecule has 16 bridgehead atoms. The minimum atomic E-state index is 0. The van der Waals surface area contributed by atoms with Gasteiger partial charge in [-0.2, -0.15) is 0 Å². The normalized spacial score (nSPS) is 12.0. The van der Waals surface area contributed by atoms with E-state index in [1.807, 2.05) is 42.5 Å². The minimum absolute atomic E-state index is 0. The summed E-state index contributed by atoms with van der Waals surface area (Å²) in [4.78, 5) is 45.4. The molecule has 0 N–H and O–H groups in total. The number of fused-ring (bicyclic) bond motifs is 16. The molecule has 0 aliphatic carbocycles. The fraction of sp³-hybridized carbons (Fsp3) is 0. The van der Waals surface area contributed by atoms with Crippen LogP contribution in [0.5, 0.6) is 0 Å². The van der Waals surface area contributed by atoms with E-state index in [0.717, 1.165) is 156 Å². The summed E-state index contributed by atoms with van der Waals surface area (Å²) < 4.78 is 0. The molecule has 0 spiro atoms. The van der Waals surface area contributed by atoms with Gasteiger partial charge in [-0.15, -0.1) is 44.1 Å². The molecule has 17 rings (SSSR count). The number of rotatable bonds is 8. The van der Waals surface area contributed by atoms with Crippen LogP contribution < -0.4 is 19.9 Å². The van der Waals surface area contributed by atoms with E-state index in [0.29, 0.717) is 22.2 Å². The molecule has 0 unspecified atom stereocenters. The Labute approximate surface area is 556 Å². The zero-order valence-electron chi connectivity index (χ0n) is 49.9. The van der Waals surface area contributed by atoms with E-state index in [1.54, 1.807) is 0 Å². The average Bonchev–Trinajstić information content (AvgIpc) is 1.64. The Hall–Kier alpha value is -11.0. The molecule has 0 saturated heterocycles. The first-order chi connectivity index (χ1) is 44.6. The molecule has 0 fully saturated rings. The van der Waals surface area contributed by atoms with Crippen molar-refractivity contribution in [2.75, 3.05) is 0 Å². The van der Waals surface area contributed by atoms with Crippen molar-refractivity contribution in [3.05, 3.63) is 300 Å². The zero-order chi connectivity index (χ0) is 59.5. The first-order valence-electron chi connectivity index (χ1n) is 30.2. The zero-order valence-corrected chi connectivity index (χ0v) is 55.8. The van der Waals surface area contributed by atoms with Crippen molar-refractivity contribution in [2.45, 2.75) is 0 Å². The van der Waals surface area contributed by atoms with Gasteiger partial charge in [0.2, 0.25) is 0 Å². The van der Waals surface area contributed by atoms with E-state index in [2.05, 4.69) is 261 Å². The van der Waals surface area contributed by atoms with E-state index in [1.165, 1.54) is 0 Å². The molecule has 4 aliphatic heterocycles. The molecular formula is C82H50N8Zn2. The van der Waals surface area contributed by atoms with Gasteiger partial charge in [-0.05, 0) is 138 Å². The molecule has 0 amide bonds. The molecule has 10 heteroatoms. The van der Waals surface area contributed by atoms with E-state index >= 15 is 0 Å². The van der Waals surface area contributed by atoms with Crippen LogP contribution in [0.25, 0.3) is 182 Å². The van der Waals surface area contributed by atoms with Crippen LogP contribution in [0.2, 0.25) is 0 Å². The summed E-state index contributed by atoms with van der Waals surface area (Å²) in [7, 11) is 0. The molecule has 10 heterocycles. The number of hydrogen-bond acceptors (Lipinski definition) is 4. The molecule has 0 saturated carbocycles. The fourth-order valence-electron chi connectivity index (χ4n) is 13.0. The van der Waals surface area contributed by atoms with Crippen LogP contribution in [0.15, 0.2) is 255 Å². The monoisotopic (exact) mass is 1270 g/mol. The van der Waals surface area contributed by atoms with Gasteiger partial charge in [0.05, 0.1) is 45.6 Å². The Balaban J connectivity index is 0.00000351. The second kappa shape index (κ2) is 24.4. The van der Waals surface area contributed by atoms with E-state index in [-0.39, 0.29) is 39.0 Å². The number of nitrogens with zero attached hydrogens (tertiary/aromatic N) is 8. The quantitative estimate of drug-likeness (QED) is 0.138. The second-order valence-electron chi connectivity index (χ2n) is 22.5. The van der Waals surface area contributed by atoms with Crippen molar-refractivity contribution in [3.8, 4) is 89.0 Å². The van der Waals surface area contributed by atoms with Crippen molar-refractivity contribution in [1.29, 1.82) is 0 Å². The standard InChI is InChI=1S/C82H50N8.2Zn/c1-8-22-51(23-9-1)74-59-37-40-63(84-59)77(54-28-14-4-15-29-54)67-45-48-71(88-67)81(72-49-46-68(89-72)78(55-30-16-5-17-31-55)64-41-38-60(74)85-64)58-50-73-79(56-32-18-6-19-33-56)69-43-42-65(86-69)75(52-24-10-2-11-25-52)61-36-39-62(83-61)76(53-26-12-3-13-27-53)66-44-47-70(87-66)80(82(58)90-73)57-34-20-7-21-35-57;;/h1-50H;;/q-4;2*+2. The van der Waals surface area contributed by atoms with E-state index in [4.69, 9.17) is 39.9 Å². The average molecular weight is 1280 g/mol. The van der Waals surface area contributed by atoms with Crippen LogP contribution in [0.1, 0.15) is 45.6 Å². The molecule has 13 aromatic rings. The van der Waals surface area contributed by atoms with E-state index < -0.39 is 0 Å². The first-order valence-corrected chi connectivity index (χ1v) is 30.2. The Morgan fingerprint density at radius 1 is 0.185 bits per heavy atom. The Kier molecular flexibility index (Phi) is 15.2. The second-order valence-corrected chi connectivity index (χ2v) is 22.5. The third-order valence-corrected chi connectivity index (χ3v) is 17.0. The number of aromatic nitrogens is 8. The van der Waals surface area contributed by atoms with Crippen molar-refractivity contribution < 1.29 is 39.0 Å². The summed E-state index contributed by atoms with van der Waals surface area (Å²) in [5.74, 6) is 0. The van der Waals surface area contributed by atoms with Crippen LogP contribution in [0, 0.1) is 0 Å². The van der Waals surface area contributed by atoms with Gasteiger partial charge in [0, 0.05) is 0 Å². The van der Waals surface area contributed by atoms with Gasteiger partial charge in [0.15, 0.2) is 0 Å². The molecule has 92 heavy (non-hydrogen) atoms. The summed E-state index contributed by atoms with van der Waals surface area (Å²) >= 11 is 0. The fourth-order valence-corrected chi connectivity index (χ4v) is 13.0. The van der Waals surface area contributed by atoms with Crippen LogP contribution in [-0.4, -0.2) is 19.9 Å². The third kappa shape index (κ3) is 10.3. The summed E-state index contributed by atoms with van der Waals surface area (Å²) in [5.41, 5.74) is 26.9. The summed E-state index contributed by atoms with van der Waals surface area (Å²) in [6, 6.07) is 88.0. The van der Waals surface area contributed by atoms with E-state index in [9.17, 15) is 0 Å². The number of hydrogen-bond donors (Lipinski definition) is 0. The van der Waals surface area contributed by atoms with Crippen molar-refractivity contribution in [2.24, 2.45) is 0 Å². The smallest absolute Gasteiger partial charge is 0.657 e. The molecular weight excluding hydrogens is 1230 g/mol. The van der Waals surface area contributed by atoms with Gasteiger partial charge in [-0.3, -0.25) is 0 Å². The summed E-state index contributed by atoms with van der Waals surface area (Å²) in [5, 5.41) is 0. The van der Waals surface area contributed by atoms with Gasteiger partial charge in [0.1, 0.15) is 0 Å². The van der Waals surface area contributed by atoms with Gasteiger partial charge in [-0.1, -0.05) is 255 Å². The summed E-state index contributed by atoms with van der Waals surface area (Å²) in [6.07, 6.45) is 16.9. The van der Waals surface area contributed by atoms with Gasteiger partial charge in [0.25, 0.3) is 0 Å².